The normalized spacial score (nSPS) is 26.3. The molecular weight excluding hydrogens is 437 g/mol. The topological polar surface area (TPSA) is 148 Å². The van der Waals surface area contributed by atoms with Crippen LogP contribution in [0, 0.1) is 23.1 Å². The number of halogens is 1. The first-order chi connectivity index (χ1) is 15.1. The molecule has 32 heavy (non-hydrogen) atoms. The van der Waals surface area contributed by atoms with Gasteiger partial charge in [0.15, 0.2) is 9.84 Å². The molecule has 3 unspecified atom stereocenters. The molecule has 1 aromatic heterocycles. The van der Waals surface area contributed by atoms with E-state index >= 15 is 0 Å². The highest BCUT2D eigenvalue weighted by atomic mass is 32.2. The van der Waals surface area contributed by atoms with Crippen molar-refractivity contribution < 1.29 is 22.3 Å². The van der Waals surface area contributed by atoms with Crippen molar-refractivity contribution in [3.63, 3.8) is 0 Å². The van der Waals surface area contributed by atoms with E-state index in [2.05, 4.69) is 15.3 Å². The molecule has 2 aliphatic heterocycles. The summed E-state index contributed by atoms with van der Waals surface area (Å²) in [6.45, 7) is 1.70. The van der Waals surface area contributed by atoms with Gasteiger partial charge in [-0.25, -0.2) is 17.8 Å². The van der Waals surface area contributed by atoms with Gasteiger partial charge in [-0.3, -0.25) is 9.79 Å². The second-order valence-electron chi connectivity index (χ2n) is 7.93. The number of fused-ring (bicyclic) bond motifs is 1. The van der Waals surface area contributed by atoms with Crippen molar-refractivity contribution in [3.8, 4) is 6.07 Å². The number of aromatic nitrogens is 1. The number of ether oxygens (including phenoxy) is 1. The molecule has 1 amide bonds. The van der Waals surface area contributed by atoms with E-state index in [0.717, 1.165) is 0 Å². The third-order valence-corrected chi connectivity index (χ3v) is 7.92. The van der Waals surface area contributed by atoms with Gasteiger partial charge in [-0.05, 0) is 37.3 Å². The van der Waals surface area contributed by atoms with E-state index in [1.165, 1.54) is 36.5 Å². The average molecular weight is 457 g/mol. The molecule has 0 aliphatic carbocycles. The number of amides is 1. The SMILES string of the molecule is CC1(c2cc(NC(=O)c3ccc(C#N)cn3)ccc2F)N=C(N)CS(=O)(=O)C2COCC21. The molecule has 0 radical (unpaired) electrons. The van der Waals surface area contributed by atoms with Crippen LogP contribution in [-0.2, 0) is 20.1 Å². The van der Waals surface area contributed by atoms with Gasteiger partial charge in [0.05, 0.1) is 29.6 Å². The van der Waals surface area contributed by atoms with Gasteiger partial charge in [0.25, 0.3) is 5.91 Å². The Morgan fingerprint density at radius 2 is 2.12 bits per heavy atom. The van der Waals surface area contributed by atoms with Crippen LogP contribution in [0.25, 0.3) is 0 Å². The van der Waals surface area contributed by atoms with Gasteiger partial charge >= 0.3 is 0 Å². The number of nitrogens with zero attached hydrogens (tertiary/aromatic N) is 3. The number of nitrogens with one attached hydrogen (secondary N) is 1. The molecule has 2 aromatic rings. The number of benzene rings is 1. The molecule has 1 fully saturated rings. The lowest BCUT2D eigenvalue weighted by atomic mass is 9.78. The van der Waals surface area contributed by atoms with Crippen LogP contribution in [0.15, 0.2) is 41.5 Å². The minimum atomic E-state index is -3.61. The first-order valence-electron chi connectivity index (χ1n) is 9.75. The average Bonchev–Trinajstić information content (AvgIpc) is 3.24. The molecule has 9 nitrogen and oxygen atoms in total. The fourth-order valence-corrected chi connectivity index (χ4v) is 6.02. The number of rotatable bonds is 3. The molecule has 1 saturated heterocycles. The second-order valence-corrected chi connectivity index (χ2v) is 10.2. The predicted octanol–water partition coefficient (Wildman–Crippen LogP) is 1.36. The highest BCUT2D eigenvalue weighted by molar-refractivity contribution is 7.92. The lowest BCUT2D eigenvalue weighted by Gasteiger charge is -2.33. The van der Waals surface area contributed by atoms with Gasteiger partial charge in [-0.2, -0.15) is 5.26 Å². The molecule has 0 spiro atoms. The maximum atomic E-state index is 15.0. The summed E-state index contributed by atoms with van der Waals surface area (Å²) in [6.07, 6.45) is 1.27. The largest absolute Gasteiger partial charge is 0.387 e. The van der Waals surface area contributed by atoms with Gasteiger partial charge in [-0.1, -0.05) is 0 Å². The predicted molar refractivity (Wildman–Crippen MR) is 114 cm³/mol. The van der Waals surface area contributed by atoms with E-state index in [9.17, 15) is 17.6 Å². The first kappa shape index (κ1) is 21.9. The number of sulfone groups is 1. The van der Waals surface area contributed by atoms with Gasteiger partial charge in [0, 0.05) is 23.4 Å². The quantitative estimate of drug-likeness (QED) is 0.707. The zero-order valence-electron chi connectivity index (χ0n) is 17.1. The first-order valence-corrected chi connectivity index (χ1v) is 11.5. The number of hydrogen-bond donors (Lipinski definition) is 2. The summed E-state index contributed by atoms with van der Waals surface area (Å²) in [7, 11) is -3.61. The highest BCUT2D eigenvalue weighted by Crippen LogP contribution is 2.44. The van der Waals surface area contributed by atoms with E-state index in [0.29, 0.717) is 5.56 Å². The highest BCUT2D eigenvalue weighted by Gasteiger charge is 2.52. The van der Waals surface area contributed by atoms with Crippen molar-refractivity contribution >= 4 is 27.3 Å². The van der Waals surface area contributed by atoms with Crippen molar-refractivity contribution in [2.75, 3.05) is 24.3 Å². The van der Waals surface area contributed by atoms with Crippen molar-refractivity contribution in [1.82, 2.24) is 4.98 Å². The van der Waals surface area contributed by atoms with Gasteiger partial charge in [-0.15, -0.1) is 0 Å². The summed E-state index contributed by atoms with van der Waals surface area (Å²) in [5.41, 5.74) is 5.35. The Kier molecular flexibility index (Phi) is 5.44. The van der Waals surface area contributed by atoms with Crippen LogP contribution in [0.3, 0.4) is 0 Å². The summed E-state index contributed by atoms with van der Waals surface area (Å²) in [5, 5.41) is 10.6. The minimum Gasteiger partial charge on any atom is -0.387 e. The number of pyridine rings is 1. The third kappa shape index (κ3) is 3.83. The third-order valence-electron chi connectivity index (χ3n) is 5.83. The molecular formula is C21H20FN5O4S. The molecule has 3 heterocycles. The van der Waals surface area contributed by atoms with Crippen LogP contribution in [-0.4, -0.2) is 49.4 Å². The summed E-state index contributed by atoms with van der Waals surface area (Å²) in [4.78, 5) is 20.9. The van der Waals surface area contributed by atoms with Crippen LogP contribution in [0.2, 0.25) is 0 Å². The van der Waals surface area contributed by atoms with Crippen LogP contribution < -0.4 is 11.1 Å². The molecule has 166 valence electrons. The number of nitrogens with two attached hydrogens (primary N) is 1. The Balaban J connectivity index is 1.71. The van der Waals surface area contributed by atoms with Crippen molar-refractivity contribution in [2.24, 2.45) is 16.6 Å². The minimum absolute atomic E-state index is 0.00615. The van der Waals surface area contributed by atoms with Gasteiger partial charge < -0.3 is 15.8 Å². The van der Waals surface area contributed by atoms with Crippen LogP contribution in [0.1, 0.15) is 28.5 Å². The van der Waals surface area contributed by atoms with E-state index in [1.54, 1.807) is 6.92 Å². The molecule has 2 aliphatic rings. The molecule has 0 bridgehead atoms. The molecule has 3 N–H and O–H groups in total. The summed E-state index contributed by atoms with van der Waals surface area (Å²) < 4.78 is 45.8. The number of anilines is 1. The number of amidine groups is 1. The summed E-state index contributed by atoms with van der Waals surface area (Å²) in [6, 6.07) is 8.76. The Bertz CT molecular complexity index is 1260. The van der Waals surface area contributed by atoms with Crippen LogP contribution in [0.5, 0.6) is 0 Å². The number of hydrogen-bond acceptors (Lipinski definition) is 8. The van der Waals surface area contributed by atoms with E-state index in [-0.39, 0.29) is 36.0 Å². The number of carbonyl (C=O) groups excluding carboxylic acids is 1. The Hall–Kier alpha value is -3.36. The van der Waals surface area contributed by atoms with Crippen molar-refractivity contribution in [2.45, 2.75) is 17.7 Å². The molecule has 3 atom stereocenters. The number of nitriles is 1. The van der Waals surface area contributed by atoms with Crippen molar-refractivity contribution in [3.05, 3.63) is 59.2 Å². The zero-order chi connectivity index (χ0) is 23.1. The van der Waals surface area contributed by atoms with Crippen molar-refractivity contribution in [1.29, 1.82) is 5.26 Å². The zero-order valence-corrected chi connectivity index (χ0v) is 17.9. The molecule has 4 rings (SSSR count). The molecule has 11 heteroatoms. The standard InChI is InChI=1S/C21H20FN5O4S/c1-21(15-9-31-10-18(15)32(29,30)11-19(24)27-21)14-6-13(3-4-16(14)22)26-20(28)17-5-2-12(7-23)8-25-17/h2-6,8,15,18H,9-11H2,1H3,(H2,24,27)(H,26,28). The molecule has 1 aromatic carbocycles. The summed E-state index contributed by atoms with van der Waals surface area (Å²) in [5.74, 6) is -2.32. The second kappa shape index (κ2) is 7.96. The lowest BCUT2D eigenvalue weighted by Crippen LogP contribution is -2.40. The smallest absolute Gasteiger partial charge is 0.274 e. The maximum absolute atomic E-state index is 15.0. The fourth-order valence-electron chi connectivity index (χ4n) is 4.18. The fraction of sp³-hybridized carbons (Fsp3) is 0.333. The number of carbonyl (C=O) groups is 1. The van der Waals surface area contributed by atoms with Crippen LogP contribution >= 0.6 is 0 Å². The number of aliphatic imine (C=N–C) groups is 1. The van der Waals surface area contributed by atoms with E-state index < -0.39 is 44.0 Å². The Morgan fingerprint density at radius 1 is 1.34 bits per heavy atom. The molecule has 0 saturated carbocycles. The maximum Gasteiger partial charge on any atom is 0.274 e. The Morgan fingerprint density at radius 3 is 2.81 bits per heavy atom. The monoisotopic (exact) mass is 457 g/mol. The summed E-state index contributed by atoms with van der Waals surface area (Å²) >= 11 is 0. The van der Waals surface area contributed by atoms with Gasteiger partial charge in [0.1, 0.15) is 29.2 Å². The van der Waals surface area contributed by atoms with E-state index in [4.69, 9.17) is 15.7 Å². The Labute approximate surface area is 184 Å². The lowest BCUT2D eigenvalue weighted by molar-refractivity contribution is 0.102. The van der Waals surface area contributed by atoms with E-state index in [1.807, 2.05) is 6.07 Å². The van der Waals surface area contributed by atoms with Crippen LogP contribution in [0.4, 0.5) is 10.1 Å². The van der Waals surface area contributed by atoms with Gasteiger partial charge in [0.2, 0.25) is 0 Å².